The quantitative estimate of drug-likeness (QED) is 0.535. The standard InChI is InChI=1S/C11H24.CH4/c1-5-9-11(8-4)10(6-2)7-3;/h10-11H,5-9H2,1-4H3;1H4. The van der Waals surface area contributed by atoms with Crippen molar-refractivity contribution < 1.29 is 0 Å². The van der Waals surface area contributed by atoms with Gasteiger partial charge >= 0.3 is 0 Å². The van der Waals surface area contributed by atoms with Gasteiger partial charge < -0.3 is 0 Å². The molecule has 0 spiro atoms. The van der Waals surface area contributed by atoms with Crippen LogP contribution in [0.4, 0.5) is 0 Å². The van der Waals surface area contributed by atoms with Crippen LogP contribution >= 0.6 is 0 Å². The van der Waals surface area contributed by atoms with Crippen molar-refractivity contribution in [2.24, 2.45) is 11.8 Å². The second-order valence-corrected chi connectivity index (χ2v) is 3.53. The van der Waals surface area contributed by atoms with Crippen LogP contribution in [0.15, 0.2) is 0 Å². The van der Waals surface area contributed by atoms with Crippen molar-refractivity contribution in [2.75, 3.05) is 0 Å². The van der Waals surface area contributed by atoms with Gasteiger partial charge in [0.2, 0.25) is 0 Å². The van der Waals surface area contributed by atoms with E-state index in [-0.39, 0.29) is 7.43 Å². The zero-order valence-corrected chi connectivity index (χ0v) is 8.69. The van der Waals surface area contributed by atoms with Crippen LogP contribution in [0.1, 0.15) is 67.2 Å². The molecule has 0 bridgehead atoms. The molecular weight excluding hydrogens is 144 g/mol. The van der Waals surface area contributed by atoms with Gasteiger partial charge in [-0.1, -0.05) is 67.2 Å². The summed E-state index contributed by atoms with van der Waals surface area (Å²) in [6.07, 6.45) is 6.90. The van der Waals surface area contributed by atoms with Gasteiger partial charge in [0.05, 0.1) is 0 Å². The maximum Gasteiger partial charge on any atom is -0.0389 e. The van der Waals surface area contributed by atoms with Crippen LogP contribution in [0.25, 0.3) is 0 Å². The molecule has 0 nitrogen and oxygen atoms in total. The zero-order valence-electron chi connectivity index (χ0n) is 8.69. The average molecular weight is 172 g/mol. The molecule has 0 heteroatoms. The van der Waals surface area contributed by atoms with Crippen LogP contribution in [0.3, 0.4) is 0 Å². The Bertz CT molecular complexity index is 72.1. The van der Waals surface area contributed by atoms with Crippen molar-refractivity contribution in [3.8, 4) is 0 Å². The molecule has 0 aliphatic rings. The summed E-state index contributed by atoms with van der Waals surface area (Å²) in [7, 11) is 0. The first-order chi connectivity index (χ1) is 5.29. The Balaban J connectivity index is 0. The van der Waals surface area contributed by atoms with Gasteiger partial charge in [-0.3, -0.25) is 0 Å². The molecule has 76 valence electrons. The van der Waals surface area contributed by atoms with Crippen LogP contribution in [0, 0.1) is 11.8 Å². The van der Waals surface area contributed by atoms with Gasteiger partial charge in [-0.2, -0.15) is 0 Å². The highest BCUT2D eigenvalue weighted by atomic mass is 14.2. The van der Waals surface area contributed by atoms with E-state index >= 15 is 0 Å². The molecule has 0 aromatic heterocycles. The molecular formula is C12H28. The highest BCUT2D eigenvalue weighted by molar-refractivity contribution is 4.65. The molecule has 0 saturated carbocycles. The molecule has 0 aromatic carbocycles. The summed E-state index contributed by atoms with van der Waals surface area (Å²) >= 11 is 0. The molecule has 0 aliphatic carbocycles. The molecule has 0 aliphatic heterocycles. The van der Waals surface area contributed by atoms with Gasteiger partial charge in [0.25, 0.3) is 0 Å². The smallest absolute Gasteiger partial charge is 0.0389 e. The number of hydrogen-bond acceptors (Lipinski definition) is 0. The Kier molecular flexibility index (Phi) is 11.0. The SMILES string of the molecule is C.CCCC(CC)C(CC)CC. The van der Waals surface area contributed by atoms with Crippen molar-refractivity contribution in [2.45, 2.75) is 67.2 Å². The Hall–Kier alpha value is 0. The number of hydrogen-bond donors (Lipinski definition) is 0. The fourth-order valence-corrected chi connectivity index (χ4v) is 2.10. The monoisotopic (exact) mass is 172 g/mol. The Morgan fingerprint density at radius 1 is 0.750 bits per heavy atom. The normalized spacial score (nSPS) is 12.8. The lowest BCUT2D eigenvalue weighted by Crippen LogP contribution is -2.12. The van der Waals surface area contributed by atoms with E-state index in [1.165, 1.54) is 32.1 Å². The topological polar surface area (TPSA) is 0 Å². The molecule has 1 unspecified atom stereocenters. The predicted molar refractivity (Wildman–Crippen MR) is 59.5 cm³/mol. The van der Waals surface area contributed by atoms with Crippen molar-refractivity contribution in [3.63, 3.8) is 0 Å². The second kappa shape index (κ2) is 9.09. The van der Waals surface area contributed by atoms with Gasteiger partial charge in [0.1, 0.15) is 0 Å². The van der Waals surface area contributed by atoms with Gasteiger partial charge in [0.15, 0.2) is 0 Å². The van der Waals surface area contributed by atoms with E-state index in [9.17, 15) is 0 Å². The van der Waals surface area contributed by atoms with Gasteiger partial charge in [-0.05, 0) is 11.8 Å². The highest BCUT2D eigenvalue weighted by Gasteiger charge is 2.14. The number of rotatable bonds is 6. The molecule has 1 atom stereocenters. The van der Waals surface area contributed by atoms with Gasteiger partial charge in [-0.15, -0.1) is 0 Å². The lowest BCUT2D eigenvalue weighted by molar-refractivity contribution is 0.284. The molecule has 0 heterocycles. The Morgan fingerprint density at radius 3 is 1.42 bits per heavy atom. The average Bonchev–Trinajstić information content (AvgIpc) is 2.05. The lowest BCUT2D eigenvalue weighted by atomic mass is 9.83. The maximum atomic E-state index is 2.33. The molecule has 0 amide bonds. The second-order valence-electron chi connectivity index (χ2n) is 3.53. The highest BCUT2D eigenvalue weighted by Crippen LogP contribution is 2.26. The van der Waals surface area contributed by atoms with Crippen molar-refractivity contribution in [3.05, 3.63) is 0 Å². The summed E-state index contributed by atoms with van der Waals surface area (Å²) < 4.78 is 0. The minimum absolute atomic E-state index is 0. The third kappa shape index (κ3) is 4.79. The maximum absolute atomic E-state index is 2.33. The molecule has 0 rings (SSSR count). The molecule has 0 N–H and O–H groups in total. The van der Waals surface area contributed by atoms with Gasteiger partial charge in [-0.25, -0.2) is 0 Å². The zero-order chi connectivity index (χ0) is 8.69. The van der Waals surface area contributed by atoms with Crippen molar-refractivity contribution >= 4 is 0 Å². The molecule has 0 saturated heterocycles. The van der Waals surface area contributed by atoms with E-state index in [0.717, 1.165) is 11.8 Å². The first-order valence-electron chi connectivity index (χ1n) is 5.29. The third-order valence-corrected chi connectivity index (χ3v) is 2.90. The van der Waals surface area contributed by atoms with E-state index in [1.807, 2.05) is 0 Å². The Labute approximate surface area is 79.8 Å². The largest absolute Gasteiger partial charge is 0.0776 e. The van der Waals surface area contributed by atoms with Crippen LogP contribution in [0.2, 0.25) is 0 Å². The summed E-state index contributed by atoms with van der Waals surface area (Å²) in [4.78, 5) is 0. The fraction of sp³-hybridized carbons (Fsp3) is 1.00. The molecule has 0 aromatic rings. The van der Waals surface area contributed by atoms with E-state index in [4.69, 9.17) is 0 Å². The van der Waals surface area contributed by atoms with E-state index in [0.29, 0.717) is 0 Å². The van der Waals surface area contributed by atoms with Crippen LogP contribution < -0.4 is 0 Å². The van der Waals surface area contributed by atoms with Crippen LogP contribution in [-0.4, -0.2) is 0 Å². The Morgan fingerprint density at radius 2 is 1.17 bits per heavy atom. The lowest BCUT2D eigenvalue weighted by Gasteiger charge is -2.23. The van der Waals surface area contributed by atoms with E-state index in [2.05, 4.69) is 27.7 Å². The van der Waals surface area contributed by atoms with Crippen LogP contribution in [-0.2, 0) is 0 Å². The fourth-order valence-electron chi connectivity index (χ4n) is 2.10. The first kappa shape index (κ1) is 14.5. The summed E-state index contributed by atoms with van der Waals surface area (Å²) in [5.41, 5.74) is 0. The van der Waals surface area contributed by atoms with Crippen LogP contribution in [0.5, 0.6) is 0 Å². The first-order valence-corrected chi connectivity index (χ1v) is 5.29. The molecule has 0 radical (unpaired) electrons. The minimum Gasteiger partial charge on any atom is -0.0776 e. The summed E-state index contributed by atoms with van der Waals surface area (Å²) in [6, 6.07) is 0. The van der Waals surface area contributed by atoms with Crippen molar-refractivity contribution in [1.29, 1.82) is 0 Å². The minimum atomic E-state index is 0. The summed E-state index contributed by atoms with van der Waals surface area (Å²) in [5, 5.41) is 0. The summed E-state index contributed by atoms with van der Waals surface area (Å²) in [5.74, 6) is 1.98. The third-order valence-electron chi connectivity index (χ3n) is 2.90. The predicted octanol–water partition coefficient (Wildman–Crippen LogP) is 4.89. The molecule has 12 heavy (non-hydrogen) atoms. The molecule has 0 fully saturated rings. The van der Waals surface area contributed by atoms with Gasteiger partial charge in [0, 0.05) is 0 Å². The van der Waals surface area contributed by atoms with E-state index < -0.39 is 0 Å². The summed E-state index contributed by atoms with van der Waals surface area (Å²) in [6.45, 7) is 9.28. The van der Waals surface area contributed by atoms with Crippen molar-refractivity contribution in [1.82, 2.24) is 0 Å². The van der Waals surface area contributed by atoms with E-state index in [1.54, 1.807) is 0 Å².